The summed E-state index contributed by atoms with van der Waals surface area (Å²) in [5, 5.41) is -0.467. The Kier molecular flexibility index (Phi) is 2.43. The van der Waals surface area contributed by atoms with Gasteiger partial charge in [0.1, 0.15) is 16.7 Å². The molecular weight excluding hydrogens is 234 g/mol. The van der Waals surface area contributed by atoms with E-state index in [9.17, 15) is 8.42 Å². The number of rotatable bonds is 2. The van der Waals surface area contributed by atoms with E-state index >= 15 is 0 Å². The second kappa shape index (κ2) is 3.49. The van der Waals surface area contributed by atoms with Crippen molar-refractivity contribution in [2.45, 2.75) is 23.4 Å². The molecule has 0 bridgehead atoms. The Morgan fingerprint density at radius 3 is 2.73 bits per heavy atom. The van der Waals surface area contributed by atoms with Gasteiger partial charge in [-0.15, -0.1) is 0 Å². The minimum atomic E-state index is -3.30. The van der Waals surface area contributed by atoms with Gasteiger partial charge < -0.3 is 0 Å². The van der Waals surface area contributed by atoms with E-state index in [4.69, 9.17) is 0 Å². The molecule has 2 heterocycles. The monoisotopic (exact) mass is 243 g/mol. The van der Waals surface area contributed by atoms with Gasteiger partial charge in [-0.05, 0) is 13.8 Å². The van der Waals surface area contributed by atoms with Crippen LogP contribution in [0.4, 0.5) is 0 Å². The molecule has 0 spiro atoms. The Labute approximate surface area is 91.1 Å². The maximum atomic E-state index is 11.8. The van der Waals surface area contributed by atoms with Gasteiger partial charge in [0.15, 0.2) is 0 Å². The minimum Gasteiger partial charge on any atom is -0.242 e. The number of sulfone groups is 1. The zero-order valence-electron chi connectivity index (χ0n) is 8.21. The van der Waals surface area contributed by atoms with Gasteiger partial charge in [0.05, 0.1) is 11.4 Å². The molecule has 0 aliphatic carbocycles. The van der Waals surface area contributed by atoms with Gasteiger partial charge in [-0.1, -0.05) is 11.3 Å². The lowest BCUT2D eigenvalue weighted by molar-refractivity contribution is 0.587. The van der Waals surface area contributed by atoms with Gasteiger partial charge in [0.25, 0.3) is 0 Å². The molecule has 0 N–H and O–H groups in total. The molecule has 0 aliphatic heterocycles. The number of aromatic nitrogens is 3. The quantitative estimate of drug-likeness (QED) is 0.794. The third-order valence-electron chi connectivity index (χ3n) is 1.92. The smallest absolute Gasteiger partial charge is 0.212 e. The summed E-state index contributed by atoms with van der Waals surface area (Å²) in [4.78, 5) is 12.4. The minimum absolute atomic E-state index is 0.119. The summed E-state index contributed by atoms with van der Waals surface area (Å²) in [6.07, 6.45) is 2.89. The maximum Gasteiger partial charge on any atom is 0.212 e. The van der Waals surface area contributed by atoms with Gasteiger partial charge >= 0.3 is 0 Å². The highest BCUT2D eigenvalue weighted by atomic mass is 32.2. The lowest BCUT2D eigenvalue weighted by Crippen LogP contribution is -2.13. The third-order valence-corrected chi connectivity index (χ3v) is 5.46. The number of hydrogen-bond donors (Lipinski definition) is 0. The average molecular weight is 243 g/mol. The standard InChI is InChI=1S/C8H9N3O2S2/c1-5(2)15(12,13)8-11-6-3-9-4-10-7(6)14-8/h3-5H,1-2H3. The van der Waals surface area contributed by atoms with Crippen molar-refractivity contribution >= 4 is 31.5 Å². The van der Waals surface area contributed by atoms with Crippen LogP contribution in [-0.4, -0.2) is 28.6 Å². The van der Waals surface area contributed by atoms with Crippen molar-refractivity contribution in [1.82, 2.24) is 15.0 Å². The fraction of sp³-hybridized carbons (Fsp3) is 0.375. The molecule has 0 saturated carbocycles. The van der Waals surface area contributed by atoms with E-state index < -0.39 is 15.1 Å². The van der Waals surface area contributed by atoms with Crippen molar-refractivity contribution in [3.05, 3.63) is 12.5 Å². The predicted octanol–water partition coefficient (Wildman–Crippen LogP) is 1.27. The SMILES string of the molecule is CC(C)S(=O)(=O)c1nc2cncnc2s1. The molecular formula is C8H9N3O2S2. The number of hydrogen-bond acceptors (Lipinski definition) is 6. The molecule has 0 atom stereocenters. The number of thiazole rings is 1. The third kappa shape index (κ3) is 1.72. The molecule has 0 aromatic carbocycles. The van der Waals surface area contributed by atoms with E-state index in [1.54, 1.807) is 13.8 Å². The van der Waals surface area contributed by atoms with Crippen LogP contribution in [0.2, 0.25) is 0 Å². The molecule has 15 heavy (non-hydrogen) atoms. The second-order valence-corrected chi connectivity index (χ2v) is 6.94. The summed E-state index contributed by atoms with van der Waals surface area (Å²) in [7, 11) is -3.30. The molecule has 7 heteroatoms. The van der Waals surface area contributed by atoms with Crippen LogP contribution in [0, 0.1) is 0 Å². The van der Waals surface area contributed by atoms with E-state index in [1.165, 1.54) is 12.5 Å². The Morgan fingerprint density at radius 2 is 2.13 bits per heavy atom. The fourth-order valence-electron chi connectivity index (χ4n) is 0.994. The van der Waals surface area contributed by atoms with Crippen molar-refractivity contribution in [3.63, 3.8) is 0 Å². The van der Waals surface area contributed by atoms with Crippen LogP contribution < -0.4 is 0 Å². The topological polar surface area (TPSA) is 72.8 Å². The highest BCUT2D eigenvalue weighted by Gasteiger charge is 2.23. The van der Waals surface area contributed by atoms with Crippen molar-refractivity contribution in [3.8, 4) is 0 Å². The van der Waals surface area contributed by atoms with Crippen LogP contribution in [0.5, 0.6) is 0 Å². The lowest BCUT2D eigenvalue weighted by atomic mass is 10.6. The molecule has 2 aromatic rings. The molecule has 0 amide bonds. The summed E-state index contributed by atoms with van der Waals surface area (Å²) in [6, 6.07) is 0. The zero-order chi connectivity index (χ0) is 11.1. The van der Waals surface area contributed by atoms with E-state index in [2.05, 4.69) is 15.0 Å². The summed E-state index contributed by atoms with van der Waals surface area (Å²) in [5.74, 6) is 0. The highest BCUT2D eigenvalue weighted by Crippen LogP contribution is 2.25. The number of nitrogens with zero attached hydrogens (tertiary/aromatic N) is 3. The van der Waals surface area contributed by atoms with E-state index in [1.807, 2.05) is 0 Å². The normalized spacial score (nSPS) is 12.5. The zero-order valence-corrected chi connectivity index (χ0v) is 9.84. The lowest BCUT2D eigenvalue weighted by Gasteiger charge is -2.01. The Balaban J connectivity index is 2.64. The highest BCUT2D eigenvalue weighted by molar-refractivity contribution is 7.94. The summed E-state index contributed by atoms with van der Waals surface area (Å²) in [5.41, 5.74) is 0.529. The number of fused-ring (bicyclic) bond motifs is 1. The molecule has 2 aromatic heterocycles. The summed E-state index contributed by atoms with van der Waals surface area (Å²) in [6.45, 7) is 3.26. The molecule has 0 saturated heterocycles. The van der Waals surface area contributed by atoms with Gasteiger partial charge in [0, 0.05) is 0 Å². The van der Waals surface area contributed by atoms with Gasteiger partial charge in [-0.25, -0.2) is 23.4 Å². The van der Waals surface area contributed by atoms with Crippen molar-refractivity contribution in [2.75, 3.05) is 0 Å². The molecule has 0 unspecified atom stereocenters. The van der Waals surface area contributed by atoms with Crippen LogP contribution in [0.15, 0.2) is 16.9 Å². The van der Waals surface area contributed by atoms with Gasteiger partial charge in [-0.3, -0.25) is 0 Å². The second-order valence-electron chi connectivity index (χ2n) is 3.29. The van der Waals surface area contributed by atoms with Crippen molar-refractivity contribution < 1.29 is 8.42 Å². The first-order valence-electron chi connectivity index (χ1n) is 4.32. The van der Waals surface area contributed by atoms with Gasteiger partial charge in [0.2, 0.25) is 14.2 Å². The van der Waals surface area contributed by atoms with Gasteiger partial charge in [-0.2, -0.15) is 0 Å². The van der Waals surface area contributed by atoms with Crippen molar-refractivity contribution in [2.24, 2.45) is 0 Å². The first-order chi connectivity index (χ1) is 7.01. The average Bonchev–Trinajstić information content (AvgIpc) is 2.61. The molecule has 0 radical (unpaired) electrons. The first kappa shape index (κ1) is 10.4. The molecule has 2 rings (SSSR count). The van der Waals surface area contributed by atoms with Crippen LogP contribution in [0.25, 0.3) is 10.3 Å². The largest absolute Gasteiger partial charge is 0.242 e. The Morgan fingerprint density at radius 1 is 1.40 bits per heavy atom. The Bertz CT molecular complexity index is 556. The molecule has 5 nitrogen and oxygen atoms in total. The van der Waals surface area contributed by atoms with Crippen LogP contribution in [0.1, 0.15) is 13.8 Å². The van der Waals surface area contributed by atoms with Crippen LogP contribution >= 0.6 is 11.3 Å². The molecule has 80 valence electrons. The van der Waals surface area contributed by atoms with Crippen LogP contribution in [0.3, 0.4) is 0 Å². The van der Waals surface area contributed by atoms with E-state index in [0.717, 1.165) is 11.3 Å². The summed E-state index contributed by atoms with van der Waals surface area (Å²) < 4.78 is 23.7. The van der Waals surface area contributed by atoms with E-state index in [0.29, 0.717) is 10.3 Å². The van der Waals surface area contributed by atoms with Crippen LogP contribution in [-0.2, 0) is 9.84 Å². The van der Waals surface area contributed by atoms with E-state index in [-0.39, 0.29) is 4.34 Å². The fourth-order valence-corrected chi connectivity index (χ4v) is 3.51. The predicted molar refractivity (Wildman–Crippen MR) is 57.5 cm³/mol. The summed E-state index contributed by atoms with van der Waals surface area (Å²) >= 11 is 1.08. The van der Waals surface area contributed by atoms with Crippen molar-refractivity contribution in [1.29, 1.82) is 0 Å². The Hall–Kier alpha value is -1.08. The molecule has 0 aliphatic rings. The first-order valence-corrected chi connectivity index (χ1v) is 6.68. The maximum absolute atomic E-state index is 11.8. The molecule has 0 fully saturated rings.